The number of hydrogen-bond acceptors (Lipinski definition) is 14. The number of hydrazine groups is 1. The molecule has 0 bridgehead atoms. The second-order valence-electron chi connectivity index (χ2n) is 12.6. The van der Waals surface area contributed by atoms with E-state index in [9.17, 15) is 33.6 Å². The first-order valence-corrected chi connectivity index (χ1v) is 17.6. The molecule has 1 aromatic carbocycles. The normalized spacial score (nSPS) is 19.6. The molecular formula is C37H48N2O13. The van der Waals surface area contributed by atoms with Crippen LogP contribution in [0.3, 0.4) is 0 Å². The molecule has 2 saturated carbocycles. The summed E-state index contributed by atoms with van der Waals surface area (Å²) in [7, 11) is 0. The zero-order valence-electron chi connectivity index (χ0n) is 29.3. The van der Waals surface area contributed by atoms with E-state index < -0.39 is 41.6 Å². The van der Waals surface area contributed by atoms with Gasteiger partial charge in [0.1, 0.15) is 11.5 Å². The van der Waals surface area contributed by atoms with Gasteiger partial charge in [-0.2, -0.15) is 0 Å². The lowest BCUT2D eigenvalue weighted by atomic mass is 9.82. The molecule has 0 spiro atoms. The number of rotatable bonds is 19. The van der Waals surface area contributed by atoms with Crippen LogP contribution in [0.2, 0.25) is 0 Å². The molecule has 1 aromatic rings. The molecule has 0 radical (unpaired) electrons. The van der Waals surface area contributed by atoms with E-state index in [2.05, 4.69) is 13.2 Å². The van der Waals surface area contributed by atoms with Crippen molar-refractivity contribution in [3.8, 4) is 11.5 Å². The van der Waals surface area contributed by atoms with Crippen LogP contribution in [-0.4, -0.2) is 68.2 Å². The zero-order valence-corrected chi connectivity index (χ0v) is 29.3. The number of carbonyl (C=O) groups excluding carboxylic acids is 7. The van der Waals surface area contributed by atoms with Crippen LogP contribution >= 0.6 is 0 Å². The molecule has 0 atom stereocenters. The highest BCUT2D eigenvalue weighted by Gasteiger charge is 2.34. The molecule has 15 heteroatoms. The Labute approximate surface area is 302 Å². The fourth-order valence-electron chi connectivity index (χ4n) is 5.89. The van der Waals surface area contributed by atoms with E-state index in [-0.39, 0.29) is 67.3 Å². The highest BCUT2D eigenvalue weighted by molar-refractivity contribution is 5.98. The van der Waals surface area contributed by atoms with E-state index >= 15 is 0 Å². The highest BCUT2D eigenvalue weighted by Crippen LogP contribution is 2.34. The summed E-state index contributed by atoms with van der Waals surface area (Å²) in [5.74, 6) is 0.176. The fraction of sp³-hybridized carbons (Fsp3) is 0.541. The van der Waals surface area contributed by atoms with Gasteiger partial charge in [0, 0.05) is 12.2 Å². The number of esters is 6. The molecule has 2 aliphatic carbocycles. The van der Waals surface area contributed by atoms with E-state index in [1.165, 1.54) is 18.2 Å². The molecule has 0 aromatic heterocycles. The number of ether oxygens (including phenoxy) is 6. The van der Waals surface area contributed by atoms with Gasteiger partial charge in [-0.15, -0.1) is 0 Å². The SMILES string of the molecule is C=CC(=O)OCCCCOC(=O)C1CCC(C(=O)Oc2ccc(OC(=O)C3CCC(C(=O)OCCCCOC(=O)C=C)CC3)c(C(=O)NN)c2)CC1. The quantitative estimate of drug-likeness (QED) is 0.0303. The third kappa shape index (κ3) is 13.6. The lowest BCUT2D eigenvalue weighted by molar-refractivity contribution is -0.152. The second-order valence-corrected chi connectivity index (χ2v) is 12.6. The van der Waals surface area contributed by atoms with Crippen molar-refractivity contribution in [1.82, 2.24) is 5.43 Å². The molecule has 15 nitrogen and oxygen atoms in total. The molecule has 0 aliphatic heterocycles. The summed E-state index contributed by atoms with van der Waals surface area (Å²) in [5.41, 5.74) is 1.90. The molecule has 0 saturated heterocycles. The first-order valence-electron chi connectivity index (χ1n) is 17.6. The van der Waals surface area contributed by atoms with Gasteiger partial charge in [0.25, 0.3) is 5.91 Å². The van der Waals surface area contributed by atoms with Crippen molar-refractivity contribution in [3.05, 3.63) is 49.1 Å². The molecule has 0 unspecified atom stereocenters. The summed E-state index contributed by atoms with van der Waals surface area (Å²) in [6.45, 7) is 7.47. The second kappa shape index (κ2) is 22.0. The topological polar surface area (TPSA) is 213 Å². The maximum absolute atomic E-state index is 13.0. The summed E-state index contributed by atoms with van der Waals surface area (Å²) < 4.78 is 31.6. The minimum atomic E-state index is -0.761. The highest BCUT2D eigenvalue weighted by atomic mass is 16.6. The van der Waals surface area contributed by atoms with Gasteiger partial charge in [0.2, 0.25) is 0 Å². The lowest BCUT2D eigenvalue weighted by Gasteiger charge is -2.26. The van der Waals surface area contributed by atoms with E-state index in [1.54, 1.807) is 0 Å². The summed E-state index contributed by atoms with van der Waals surface area (Å²) in [6.07, 6.45) is 7.70. The Balaban J connectivity index is 1.42. The standard InChI is InChI=1S/C37H48N2O13/c1-3-31(40)47-19-5-7-21-49-34(43)24-9-13-26(14-10-24)36(45)51-28-17-18-30(29(23-28)33(42)39-38)52-37(46)27-15-11-25(12-16-27)35(44)50-22-8-6-20-48-32(41)4-2/h3-4,17-18,23-27H,1-2,5-16,19-22,38H2,(H,39,42). The lowest BCUT2D eigenvalue weighted by Crippen LogP contribution is -2.32. The molecule has 0 heterocycles. The van der Waals surface area contributed by atoms with Gasteiger partial charge >= 0.3 is 35.8 Å². The summed E-state index contributed by atoms with van der Waals surface area (Å²) in [4.78, 5) is 85.6. The van der Waals surface area contributed by atoms with Crippen molar-refractivity contribution in [1.29, 1.82) is 0 Å². The summed E-state index contributed by atoms with van der Waals surface area (Å²) in [5, 5.41) is 0. The van der Waals surface area contributed by atoms with Crippen molar-refractivity contribution in [2.45, 2.75) is 77.0 Å². The smallest absolute Gasteiger partial charge is 0.330 e. The van der Waals surface area contributed by atoms with Crippen LogP contribution in [0.5, 0.6) is 11.5 Å². The molecule has 1 amide bonds. The molecule has 3 rings (SSSR count). The van der Waals surface area contributed by atoms with Crippen molar-refractivity contribution in [3.63, 3.8) is 0 Å². The largest absolute Gasteiger partial charge is 0.465 e. The predicted octanol–water partition coefficient (Wildman–Crippen LogP) is 3.82. The number of benzene rings is 1. The fourth-order valence-corrected chi connectivity index (χ4v) is 5.89. The van der Waals surface area contributed by atoms with Gasteiger partial charge in [-0.3, -0.25) is 29.4 Å². The Bertz CT molecular complexity index is 1440. The van der Waals surface area contributed by atoms with Gasteiger partial charge < -0.3 is 28.4 Å². The van der Waals surface area contributed by atoms with Crippen LogP contribution in [-0.2, 0) is 47.7 Å². The first-order chi connectivity index (χ1) is 25.1. The van der Waals surface area contributed by atoms with E-state index in [4.69, 9.17) is 34.3 Å². The van der Waals surface area contributed by atoms with Gasteiger partial charge in [-0.25, -0.2) is 15.4 Å². The number of amides is 1. The molecule has 2 aliphatic rings. The third-order valence-corrected chi connectivity index (χ3v) is 8.93. The maximum Gasteiger partial charge on any atom is 0.330 e. The summed E-state index contributed by atoms with van der Waals surface area (Å²) >= 11 is 0. The molecule has 3 N–H and O–H groups in total. The molecule has 284 valence electrons. The van der Waals surface area contributed by atoms with Gasteiger partial charge in [-0.05, 0) is 95.2 Å². The number of nitrogens with two attached hydrogens (primary N) is 1. The Morgan fingerprint density at radius 3 is 1.38 bits per heavy atom. The number of nitrogen functional groups attached to an aromatic ring is 1. The minimum Gasteiger partial charge on any atom is -0.465 e. The summed E-state index contributed by atoms with van der Waals surface area (Å²) in [6, 6.07) is 4.02. The Hall–Kier alpha value is -5.05. The van der Waals surface area contributed by atoms with Gasteiger partial charge in [-0.1, -0.05) is 13.2 Å². The number of hydrogen-bond donors (Lipinski definition) is 2. The number of nitrogens with one attached hydrogen (secondary N) is 1. The van der Waals surface area contributed by atoms with Crippen molar-refractivity contribution in [2.24, 2.45) is 29.5 Å². The predicted molar refractivity (Wildman–Crippen MR) is 183 cm³/mol. The van der Waals surface area contributed by atoms with Crippen LogP contribution in [0.15, 0.2) is 43.5 Å². The molecule has 52 heavy (non-hydrogen) atoms. The van der Waals surface area contributed by atoms with Crippen molar-refractivity contribution in [2.75, 3.05) is 26.4 Å². The van der Waals surface area contributed by atoms with Crippen LogP contribution in [0.4, 0.5) is 0 Å². The van der Waals surface area contributed by atoms with E-state index in [0.717, 1.165) is 12.2 Å². The minimum absolute atomic E-state index is 0.0560. The molecular weight excluding hydrogens is 680 g/mol. The van der Waals surface area contributed by atoms with E-state index in [0.29, 0.717) is 77.0 Å². The van der Waals surface area contributed by atoms with Crippen molar-refractivity contribution >= 4 is 41.7 Å². The maximum atomic E-state index is 13.0. The average Bonchev–Trinajstić information content (AvgIpc) is 3.17. The van der Waals surface area contributed by atoms with Crippen LogP contribution < -0.4 is 20.7 Å². The first kappa shape index (κ1) is 41.4. The third-order valence-electron chi connectivity index (χ3n) is 8.93. The Kier molecular flexibility index (Phi) is 17.5. The average molecular weight is 729 g/mol. The molecule has 2 fully saturated rings. The van der Waals surface area contributed by atoms with Gasteiger partial charge in [0.05, 0.1) is 55.7 Å². The number of unbranched alkanes of at least 4 members (excludes halogenated alkanes) is 2. The zero-order chi connectivity index (χ0) is 37.9. The van der Waals surface area contributed by atoms with Crippen LogP contribution in [0, 0.1) is 23.7 Å². The Morgan fingerprint density at radius 1 is 0.596 bits per heavy atom. The van der Waals surface area contributed by atoms with Crippen LogP contribution in [0.25, 0.3) is 0 Å². The van der Waals surface area contributed by atoms with Crippen molar-refractivity contribution < 1.29 is 62.0 Å². The van der Waals surface area contributed by atoms with Crippen LogP contribution in [0.1, 0.15) is 87.4 Å². The van der Waals surface area contributed by atoms with Gasteiger partial charge in [0.15, 0.2) is 0 Å². The number of carbonyl (C=O) groups is 7. The van der Waals surface area contributed by atoms with E-state index in [1.807, 2.05) is 5.43 Å². The monoisotopic (exact) mass is 728 g/mol. The Morgan fingerprint density at radius 2 is 0.981 bits per heavy atom.